The predicted octanol–water partition coefficient (Wildman–Crippen LogP) is 1.96. The molecule has 0 saturated heterocycles. The van der Waals surface area contributed by atoms with Gasteiger partial charge in [-0.3, -0.25) is 9.59 Å². The van der Waals surface area contributed by atoms with E-state index in [2.05, 4.69) is 5.32 Å². The first kappa shape index (κ1) is 13.9. The second kappa shape index (κ2) is 5.76. The lowest BCUT2D eigenvalue weighted by Crippen LogP contribution is -2.36. The average molecular weight is 288 g/mol. The van der Waals surface area contributed by atoms with Gasteiger partial charge in [0.15, 0.2) is 6.61 Å². The van der Waals surface area contributed by atoms with Crippen molar-refractivity contribution < 1.29 is 14.3 Å². The van der Waals surface area contributed by atoms with Crippen LogP contribution in [0.5, 0.6) is 5.75 Å². The van der Waals surface area contributed by atoms with E-state index in [1.807, 2.05) is 24.0 Å². The van der Waals surface area contributed by atoms with Gasteiger partial charge in [-0.2, -0.15) is 0 Å². The normalized spacial score (nSPS) is 16.9. The number of carbonyl (C=O) groups excluding carboxylic acids is 2. The van der Waals surface area contributed by atoms with E-state index >= 15 is 0 Å². The molecule has 21 heavy (non-hydrogen) atoms. The molecule has 112 valence electrons. The zero-order valence-electron chi connectivity index (χ0n) is 12.2. The molecule has 5 nitrogen and oxygen atoms in total. The number of fused-ring (bicyclic) bond motifs is 1. The van der Waals surface area contributed by atoms with Crippen LogP contribution in [0.3, 0.4) is 0 Å². The third-order valence-corrected chi connectivity index (χ3v) is 3.99. The highest BCUT2D eigenvalue weighted by Gasteiger charge is 2.31. The molecule has 1 heterocycles. The van der Waals surface area contributed by atoms with Gasteiger partial charge in [0, 0.05) is 30.8 Å². The van der Waals surface area contributed by atoms with Crippen LogP contribution in [-0.4, -0.2) is 35.9 Å². The molecule has 0 radical (unpaired) electrons. The number of amides is 2. The number of hydrogen-bond acceptors (Lipinski definition) is 3. The van der Waals surface area contributed by atoms with Crippen molar-refractivity contribution in [3.8, 4) is 5.75 Å². The van der Waals surface area contributed by atoms with Crippen LogP contribution in [0, 0.1) is 0 Å². The third-order valence-electron chi connectivity index (χ3n) is 3.99. The van der Waals surface area contributed by atoms with Crippen molar-refractivity contribution >= 4 is 17.5 Å². The quantitative estimate of drug-likeness (QED) is 0.901. The summed E-state index contributed by atoms with van der Waals surface area (Å²) in [7, 11) is 0. The molecule has 1 aliphatic heterocycles. The van der Waals surface area contributed by atoms with Crippen molar-refractivity contribution in [1.29, 1.82) is 0 Å². The van der Waals surface area contributed by atoms with Crippen LogP contribution in [0.4, 0.5) is 5.69 Å². The van der Waals surface area contributed by atoms with Gasteiger partial charge in [0.05, 0.1) is 0 Å². The third kappa shape index (κ3) is 3.17. The van der Waals surface area contributed by atoms with Gasteiger partial charge in [-0.05, 0) is 37.8 Å². The van der Waals surface area contributed by atoms with E-state index in [9.17, 15) is 9.59 Å². The van der Waals surface area contributed by atoms with Crippen LogP contribution in [0.2, 0.25) is 0 Å². The topological polar surface area (TPSA) is 58.6 Å². The maximum atomic E-state index is 12.1. The zero-order chi connectivity index (χ0) is 14.8. The van der Waals surface area contributed by atoms with Gasteiger partial charge in [0.1, 0.15) is 5.75 Å². The monoisotopic (exact) mass is 288 g/mol. The molecule has 2 amide bonds. The fourth-order valence-corrected chi connectivity index (χ4v) is 2.69. The molecule has 2 aliphatic rings. The first-order valence-electron chi connectivity index (χ1n) is 7.52. The molecule has 1 fully saturated rings. The number of benzene rings is 1. The molecule has 0 unspecified atom stereocenters. The molecule has 0 atom stereocenters. The minimum atomic E-state index is 0.0293. The number of nitrogens with zero attached hydrogens (tertiary/aromatic N) is 1. The van der Waals surface area contributed by atoms with Gasteiger partial charge in [-0.25, -0.2) is 0 Å². The molecule has 0 spiro atoms. The molecule has 3 rings (SSSR count). The van der Waals surface area contributed by atoms with Crippen molar-refractivity contribution in [3.05, 3.63) is 23.8 Å². The van der Waals surface area contributed by atoms with E-state index in [0.717, 1.165) is 37.1 Å². The molecule has 1 N–H and O–H groups in total. The number of carbonyl (C=O) groups is 2. The van der Waals surface area contributed by atoms with Crippen LogP contribution in [0.15, 0.2) is 18.2 Å². The van der Waals surface area contributed by atoms with Gasteiger partial charge in [-0.1, -0.05) is 6.07 Å². The summed E-state index contributed by atoms with van der Waals surface area (Å²) in [4.78, 5) is 25.4. The number of likely N-dealkylation sites (N-methyl/N-ethyl adjacent to an activating group) is 1. The Balaban J connectivity index is 1.61. The lowest BCUT2D eigenvalue weighted by molar-refractivity contribution is -0.133. The van der Waals surface area contributed by atoms with Gasteiger partial charge in [0.25, 0.3) is 5.91 Å². The number of anilines is 1. The minimum absolute atomic E-state index is 0.0293. The predicted molar refractivity (Wildman–Crippen MR) is 79.3 cm³/mol. The van der Waals surface area contributed by atoms with E-state index in [1.165, 1.54) is 0 Å². The summed E-state index contributed by atoms with van der Waals surface area (Å²) < 4.78 is 5.59. The first-order valence-corrected chi connectivity index (χ1v) is 7.52. The largest absolute Gasteiger partial charge is 0.484 e. The number of nitrogens with one attached hydrogen (secondary N) is 1. The van der Waals surface area contributed by atoms with Gasteiger partial charge in [0.2, 0.25) is 5.91 Å². The molecule has 1 aromatic carbocycles. The maximum absolute atomic E-state index is 12.1. The Morgan fingerprint density at radius 1 is 1.38 bits per heavy atom. The highest BCUT2D eigenvalue weighted by Crippen LogP contribution is 2.28. The van der Waals surface area contributed by atoms with Crippen LogP contribution in [-0.2, 0) is 16.0 Å². The van der Waals surface area contributed by atoms with Crippen molar-refractivity contribution in [2.75, 3.05) is 18.5 Å². The summed E-state index contributed by atoms with van der Waals surface area (Å²) >= 11 is 0. The van der Waals surface area contributed by atoms with E-state index in [1.54, 1.807) is 6.07 Å². The Hall–Kier alpha value is -2.04. The Morgan fingerprint density at radius 3 is 2.90 bits per heavy atom. The standard InChI is InChI=1S/C16H20N2O3/c1-2-18(12-5-6-12)16(20)10-21-13-7-3-11-4-8-15(19)17-14(11)9-13/h3,7,9,12H,2,4-6,8,10H2,1H3,(H,17,19). The van der Waals surface area contributed by atoms with Crippen molar-refractivity contribution in [2.45, 2.75) is 38.6 Å². The van der Waals surface area contributed by atoms with E-state index < -0.39 is 0 Å². The SMILES string of the molecule is CCN(C(=O)COc1ccc2c(c1)NC(=O)CC2)C1CC1. The number of aryl methyl sites for hydroxylation is 1. The fraction of sp³-hybridized carbons (Fsp3) is 0.500. The highest BCUT2D eigenvalue weighted by atomic mass is 16.5. The lowest BCUT2D eigenvalue weighted by Gasteiger charge is -2.21. The minimum Gasteiger partial charge on any atom is -0.484 e. The molecular weight excluding hydrogens is 268 g/mol. The van der Waals surface area contributed by atoms with Crippen LogP contribution in [0.25, 0.3) is 0 Å². The summed E-state index contributed by atoms with van der Waals surface area (Å²) in [5.41, 5.74) is 1.91. The Morgan fingerprint density at radius 2 is 2.19 bits per heavy atom. The number of rotatable bonds is 5. The molecule has 0 bridgehead atoms. The highest BCUT2D eigenvalue weighted by molar-refractivity contribution is 5.94. The Kier molecular flexibility index (Phi) is 3.82. The number of ether oxygens (including phenoxy) is 1. The van der Waals surface area contributed by atoms with Crippen LogP contribution < -0.4 is 10.1 Å². The molecule has 1 aromatic rings. The Labute approximate surface area is 124 Å². The first-order chi connectivity index (χ1) is 10.2. The maximum Gasteiger partial charge on any atom is 0.260 e. The molecule has 1 aliphatic carbocycles. The zero-order valence-corrected chi connectivity index (χ0v) is 12.2. The molecule has 0 aromatic heterocycles. The number of hydrogen-bond donors (Lipinski definition) is 1. The second-order valence-electron chi connectivity index (χ2n) is 5.57. The average Bonchev–Trinajstić information content (AvgIpc) is 3.30. The molecule has 5 heteroatoms. The van der Waals surface area contributed by atoms with Gasteiger partial charge in [-0.15, -0.1) is 0 Å². The van der Waals surface area contributed by atoms with E-state index in [-0.39, 0.29) is 18.4 Å². The van der Waals surface area contributed by atoms with Crippen molar-refractivity contribution in [1.82, 2.24) is 4.90 Å². The molecule has 1 saturated carbocycles. The van der Waals surface area contributed by atoms with Crippen LogP contribution in [0.1, 0.15) is 31.7 Å². The smallest absolute Gasteiger partial charge is 0.260 e. The second-order valence-corrected chi connectivity index (χ2v) is 5.57. The lowest BCUT2D eigenvalue weighted by atomic mass is 10.0. The Bertz CT molecular complexity index is 567. The summed E-state index contributed by atoms with van der Waals surface area (Å²) in [5, 5.41) is 2.84. The fourth-order valence-electron chi connectivity index (χ4n) is 2.69. The summed E-state index contributed by atoms with van der Waals surface area (Å²) in [6.07, 6.45) is 3.49. The van der Waals surface area contributed by atoms with E-state index in [4.69, 9.17) is 4.74 Å². The summed E-state index contributed by atoms with van der Waals surface area (Å²) in [6, 6.07) is 6.02. The molecular formula is C16H20N2O3. The van der Waals surface area contributed by atoms with Crippen molar-refractivity contribution in [2.24, 2.45) is 0 Å². The van der Waals surface area contributed by atoms with Gasteiger partial charge < -0.3 is 15.0 Å². The summed E-state index contributed by atoms with van der Waals surface area (Å²) in [6.45, 7) is 2.77. The van der Waals surface area contributed by atoms with E-state index in [0.29, 0.717) is 18.2 Å². The summed E-state index contributed by atoms with van der Waals surface area (Å²) in [5.74, 6) is 0.680. The van der Waals surface area contributed by atoms with Gasteiger partial charge >= 0.3 is 0 Å². The van der Waals surface area contributed by atoms with Crippen molar-refractivity contribution in [3.63, 3.8) is 0 Å². The van der Waals surface area contributed by atoms with Crippen LogP contribution >= 0.6 is 0 Å².